The highest BCUT2D eigenvalue weighted by molar-refractivity contribution is 7.16. The lowest BCUT2D eigenvalue weighted by Crippen LogP contribution is -2.28. The van der Waals surface area contributed by atoms with Crippen molar-refractivity contribution >= 4 is 22.9 Å². The summed E-state index contributed by atoms with van der Waals surface area (Å²) in [5.41, 5.74) is 0. The predicted molar refractivity (Wildman–Crippen MR) is 72.3 cm³/mol. The summed E-state index contributed by atoms with van der Waals surface area (Å²) < 4.78 is 0.906. The zero-order valence-corrected chi connectivity index (χ0v) is 11.6. The molecule has 1 aliphatic carbocycles. The SMILES string of the molecule is CCNC(c1ccc(Cl)s1)C1CCCC1C. The minimum Gasteiger partial charge on any atom is -0.309 e. The van der Waals surface area contributed by atoms with E-state index in [2.05, 4.69) is 25.2 Å². The lowest BCUT2D eigenvalue weighted by molar-refractivity contribution is 0.309. The Kier molecular flexibility index (Phi) is 4.28. The van der Waals surface area contributed by atoms with Crippen molar-refractivity contribution in [3.63, 3.8) is 0 Å². The molecule has 0 spiro atoms. The van der Waals surface area contributed by atoms with Gasteiger partial charge in [-0.1, -0.05) is 38.3 Å². The lowest BCUT2D eigenvalue weighted by atomic mass is 9.89. The third kappa shape index (κ3) is 2.61. The van der Waals surface area contributed by atoms with Gasteiger partial charge in [0.25, 0.3) is 0 Å². The Balaban J connectivity index is 2.16. The van der Waals surface area contributed by atoms with Crippen LogP contribution in [0.3, 0.4) is 0 Å². The first-order valence-corrected chi connectivity index (χ1v) is 7.40. The topological polar surface area (TPSA) is 12.0 Å². The van der Waals surface area contributed by atoms with Crippen LogP contribution in [0.1, 0.15) is 44.0 Å². The smallest absolute Gasteiger partial charge is 0.0931 e. The Hall–Kier alpha value is -0.0500. The van der Waals surface area contributed by atoms with Crippen molar-refractivity contribution in [2.75, 3.05) is 6.54 Å². The zero-order chi connectivity index (χ0) is 11.5. The Morgan fingerprint density at radius 3 is 2.81 bits per heavy atom. The fraction of sp³-hybridized carbons (Fsp3) is 0.692. The van der Waals surface area contributed by atoms with Crippen LogP contribution in [0.15, 0.2) is 12.1 Å². The van der Waals surface area contributed by atoms with Gasteiger partial charge in [0.05, 0.1) is 4.34 Å². The van der Waals surface area contributed by atoms with Crippen molar-refractivity contribution in [1.29, 1.82) is 0 Å². The molecule has 0 aliphatic heterocycles. The highest BCUT2D eigenvalue weighted by Gasteiger charge is 2.32. The average molecular weight is 258 g/mol. The number of thiophene rings is 1. The van der Waals surface area contributed by atoms with Crippen LogP contribution in [0.25, 0.3) is 0 Å². The molecule has 1 aromatic rings. The highest BCUT2D eigenvalue weighted by atomic mass is 35.5. The number of rotatable bonds is 4. The molecule has 0 saturated heterocycles. The first kappa shape index (κ1) is 12.4. The lowest BCUT2D eigenvalue weighted by Gasteiger charge is -2.26. The number of hydrogen-bond donors (Lipinski definition) is 1. The van der Waals surface area contributed by atoms with E-state index in [1.54, 1.807) is 11.3 Å². The van der Waals surface area contributed by atoms with Gasteiger partial charge in [-0.05, 0) is 36.9 Å². The van der Waals surface area contributed by atoms with E-state index in [0.717, 1.165) is 22.7 Å². The van der Waals surface area contributed by atoms with Crippen LogP contribution in [0.5, 0.6) is 0 Å². The van der Waals surface area contributed by atoms with Gasteiger partial charge in [-0.2, -0.15) is 0 Å². The fourth-order valence-electron chi connectivity index (χ4n) is 2.85. The molecule has 1 aromatic heterocycles. The van der Waals surface area contributed by atoms with Gasteiger partial charge in [-0.15, -0.1) is 11.3 Å². The summed E-state index contributed by atoms with van der Waals surface area (Å²) in [6.07, 6.45) is 4.12. The van der Waals surface area contributed by atoms with Gasteiger partial charge in [0, 0.05) is 10.9 Å². The summed E-state index contributed by atoms with van der Waals surface area (Å²) in [5, 5.41) is 3.64. The molecular weight excluding hydrogens is 238 g/mol. The highest BCUT2D eigenvalue weighted by Crippen LogP contribution is 2.42. The third-order valence-electron chi connectivity index (χ3n) is 3.68. The number of halogens is 1. The van der Waals surface area contributed by atoms with Gasteiger partial charge >= 0.3 is 0 Å². The maximum Gasteiger partial charge on any atom is 0.0931 e. The van der Waals surface area contributed by atoms with Crippen LogP contribution >= 0.6 is 22.9 Å². The second kappa shape index (κ2) is 5.52. The van der Waals surface area contributed by atoms with Crippen molar-refractivity contribution in [2.45, 2.75) is 39.2 Å². The van der Waals surface area contributed by atoms with Gasteiger partial charge < -0.3 is 5.32 Å². The maximum absolute atomic E-state index is 6.04. The third-order valence-corrected chi connectivity index (χ3v) is 4.99. The van der Waals surface area contributed by atoms with Crippen molar-refractivity contribution < 1.29 is 0 Å². The molecule has 0 radical (unpaired) electrons. The number of hydrogen-bond acceptors (Lipinski definition) is 2. The molecule has 1 saturated carbocycles. The summed E-state index contributed by atoms with van der Waals surface area (Å²) in [5.74, 6) is 1.62. The summed E-state index contributed by atoms with van der Waals surface area (Å²) in [7, 11) is 0. The second-order valence-electron chi connectivity index (χ2n) is 4.75. The Morgan fingerprint density at radius 1 is 1.50 bits per heavy atom. The van der Waals surface area contributed by atoms with Crippen molar-refractivity contribution in [2.24, 2.45) is 11.8 Å². The molecule has 0 amide bonds. The first-order valence-electron chi connectivity index (χ1n) is 6.21. The molecule has 1 heterocycles. The Morgan fingerprint density at radius 2 is 2.31 bits per heavy atom. The van der Waals surface area contributed by atoms with E-state index < -0.39 is 0 Å². The van der Waals surface area contributed by atoms with Crippen molar-refractivity contribution in [1.82, 2.24) is 5.32 Å². The fourth-order valence-corrected chi connectivity index (χ4v) is 4.06. The van der Waals surface area contributed by atoms with Crippen LogP contribution in [0.4, 0.5) is 0 Å². The first-order chi connectivity index (χ1) is 7.72. The average Bonchev–Trinajstić information content (AvgIpc) is 2.84. The molecule has 3 unspecified atom stereocenters. The minimum absolute atomic E-state index is 0.514. The predicted octanol–water partition coefficient (Wildman–Crippen LogP) is 4.49. The van der Waals surface area contributed by atoms with E-state index in [-0.39, 0.29) is 0 Å². The second-order valence-corrected chi connectivity index (χ2v) is 6.50. The van der Waals surface area contributed by atoms with Crippen molar-refractivity contribution in [3.8, 4) is 0 Å². The molecule has 3 heteroatoms. The number of nitrogens with one attached hydrogen (secondary N) is 1. The van der Waals surface area contributed by atoms with Crippen LogP contribution in [0, 0.1) is 11.8 Å². The van der Waals surface area contributed by atoms with Gasteiger partial charge in [-0.25, -0.2) is 0 Å². The van der Waals surface area contributed by atoms with E-state index in [0.29, 0.717) is 6.04 Å². The molecule has 0 bridgehead atoms. The van der Waals surface area contributed by atoms with Crippen LogP contribution in [0.2, 0.25) is 4.34 Å². The molecule has 1 aliphatic rings. The summed E-state index contributed by atoms with van der Waals surface area (Å²) in [4.78, 5) is 1.41. The summed E-state index contributed by atoms with van der Waals surface area (Å²) in [6.45, 7) is 5.60. The molecule has 2 rings (SSSR count). The molecular formula is C13H20ClNS. The largest absolute Gasteiger partial charge is 0.309 e. The zero-order valence-electron chi connectivity index (χ0n) is 10.0. The van der Waals surface area contributed by atoms with Crippen LogP contribution in [-0.4, -0.2) is 6.54 Å². The summed E-state index contributed by atoms with van der Waals surface area (Å²) >= 11 is 7.77. The molecule has 1 nitrogen and oxygen atoms in total. The van der Waals surface area contributed by atoms with E-state index >= 15 is 0 Å². The van der Waals surface area contributed by atoms with Gasteiger partial charge in [0.1, 0.15) is 0 Å². The molecule has 90 valence electrons. The quantitative estimate of drug-likeness (QED) is 0.838. The normalized spacial score (nSPS) is 27.2. The molecule has 3 atom stereocenters. The van der Waals surface area contributed by atoms with E-state index in [4.69, 9.17) is 11.6 Å². The van der Waals surface area contributed by atoms with Crippen LogP contribution in [-0.2, 0) is 0 Å². The van der Waals surface area contributed by atoms with E-state index in [1.165, 1.54) is 24.1 Å². The van der Waals surface area contributed by atoms with Gasteiger partial charge in [0.15, 0.2) is 0 Å². The Bertz CT molecular complexity index is 336. The minimum atomic E-state index is 0.514. The van der Waals surface area contributed by atoms with Crippen molar-refractivity contribution in [3.05, 3.63) is 21.3 Å². The maximum atomic E-state index is 6.04. The molecule has 1 fully saturated rings. The monoisotopic (exact) mass is 257 g/mol. The van der Waals surface area contributed by atoms with Crippen LogP contribution < -0.4 is 5.32 Å². The Labute approximate surface area is 107 Å². The molecule has 1 N–H and O–H groups in total. The van der Waals surface area contributed by atoms with E-state index in [9.17, 15) is 0 Å². The standard InChI is InChI=1S/C13H20ClNS/c1-3-15-13(10-6-4-5-9(10)2)11-7-8-12(14)16-11/h7-10,13,15H,3-6H2,1-2H3. The van der Waals surface area contributed by atoms with Gasteiger partial charge in [0.2, 0.25) is 0 Å². The van der Waals surface area contributed by atoms with Gasteiger partial charge in [-0.3, -0.25) is 0 Å². The molecule has 0 aromatic carbocycles. The van der Waals surface area contributed by atoms with E-state index in [1.807, 2.05) is 6.07 Å². The summed E-state index contributed by atoms with van der Waals surface area (Å²) in [6, 6.07) is 4.72. The molecule has 16 heavy (non-hydrogen) atoms.